The standard InChI is InChI=1S/C26H21F3N2O3/c27-26(28,29)18-11-9-15(10-12-18)23(32)25(34)31-22(24(30)33)14-21-19-7-3-1-5-16(19)13-17-6-2-4-8-20(17)21/h1-13,22-23,32H,14H2,(H2,30,33)(H,31,34)/t22-,23-/m0/s1. The van der Waals surface area contributed by atoms with Crippen molar-refractivity contribution in [3.8, 4) is 0 Å². The van der Waals surface area contributed by atoms with Gasteiger partial charge in [0.15, 0.2) is 6.10 Å². The molecule has 0 spiro atoms. The number of aliphatic hydroxyl groups is 1. The fourth-order valence-electron chi connectivity index (χ4n) is 4.01. The average molecular weight is 466 g/mol. The van der Waals surface area contributed by atoms with E-state index >= 15 is 0 Å². The lowest BCUT2D eigenvalue weighted by Gasteiger charge is -2.20. The van der Waals surface area contributed by atoms with Crippen molar-refractivity contribution in [2.75, 3.05) is 0 Å². The molecule has 4 N–H and O–H groups in total. The molecule has 0 saturated carbocycles. The van der Waals surface area contributed by atoms with E-state index in [1.54, 1.807) is 0 Å². The predicted molar refractivity (Wildman–Crippen MR) is 123 cm³/mol. The first kappa shape index (κ1) is 23.3. The van der Waals surface area contributed by atoms with Crippen LogP contribution in [0.3, 0.4) is 0 Å². The molecule has 174 valence electrons. The maximum atomic E-state index is 12.8. The zero-order valence-electron chi connectivity index (χ0n) is 17.8. The van der Waals surface area contributed by atoms with Gasteiger partial charge in [-0.1, -0.05) is 60.7 Å². The summed E-state index contributed by atoms with van der Waals surface area (Å²) in [6.07, 6.45) is -6.24. The van der Waals surface area contributed by atoms with Crippen molar-refractivity contribution < 1.29 is 27.9 Å². The van der Waals surface area contributed by atoms with Crippen LogP contribution in [0.15, 0.2) is 78.9 Å². The SMILES string of the molecule is NC(=O)[C@H](Cc1c2ccccc2cc2ccccc12)NC(=O)[C@@H](O)c1ccc(C(F)(F)F)cc1. The molecule has 0 aliphatic rings. The topological polar surface area (TPSA) is 92.4 Å². The monoisotopic (exact) mass is 466 g/mol. The van der Waals surface area contributed by atoms with E-state index in [9.17, 15) is 27.9 Å². The Morgan fingerprint density at radius 1 is 0.882 bits per heavy atom. The fourth-order valence-corrected chi connectivity index (χ4v) is 4.01. The average Bonchev–Trinajstić information content (AvgIpc) is 2.82. The summed E-state index contributed by atoms with van der Waals surface area (Å²) in [6.45, 7) is 0. The van der Waals surface area contributed by atoms with Gasteiger partial charge in [0.1, 0.15) is 6.04 Å². The van der Waals surface area contributed by atoms with Crippen LogP contribution in [-0.4, -0.2) is 23.0 Å². The Morgan fingerprint density at radius 3 is 1.91 bits per heavy atom. The lowest BCUT2D eigenvalue weighted by Crippen LogP contribution is -2.47. The van der Waals surface area contributed by atoms with Gasteiger partial charge < -0.3 is 16.2 Å². The van der Waals surface area contributed by atoms with Crippen LogP contribution < -0.4 is 11.1 Å². The van der Waals surface area contributed by atoms with Gasteiger partial charge in [-0.3, -0.25) is 9.59 Å². The van der Waals surface area contributed by atoms with Gasteiger partial charge in [-0.15, -0.1) is 0 Å². The van der Waals surface area contributed by atoms with Crippen LogP contribution in [0.4, 0.5) is 13.2 Å². The number of nitrogens with two attached hydrogens (primary N) is 1. The van der Waals surface area contributed by atoms with Crippen molar-refractivity contribution in [1.29, 1.82) is 0 Å². The quantitative estimate of drug-likeness (QED) is 0.371. The molecule has 8 heteroatoms. The summed E-state index contributed by atoms with van der Waals surface area (Å²) < 4.78 is 38.3. The second-order valence-electron chi connectivity index (χ2n) is 7.99. The summed E-state index contributed by atoms with van der Waals surface area (Å²) in [5.74, 6) is -1.74. The summed E-state index contributed by atoms with van der Waals surface area (Å²) in [6, 6.07) is 19.7. The van der Waals surface area contributed by atoms with E-state index in [2.05, 4.69) is 5.32 Å². The van der Waals surface area contributed by atoms with Crippen molar-refractivity contribution in [1.82, 2.24) is 5.32 Å². The molecule has 0 saturated heterocycles. The molecule has 0 unspecified atom stereocenters. The van der Waals surface area contributed by atoms with Crippen molar-refractivity contribution in [2.24, 2.45) is 5.73 Å². The van der Waals surface area contributed by atoms with E-state index in [-0.39, 0.29) is 12.0 Å². The lowest BCUT2D eigenvalue weighted by molar-refractivity contribution is -0.137. The number of benzene rings is 4. The van der Waals surface area contributed by atoms with Gasteiger partial charge in [-0.25, -0.2) is 0 Å². The normalized spacial score (nSPS) is 13.5. The van der Waals surface area contributed by atoms with Crippen LogP contribution in [0.5, 0.6) is 0 Å². The molecule has 4 rings (SSSR count). The van der Waals surface area contributed by atoms with Crippen LogP contribution in [0.25, 0.3) is 21.5 Å². The number of alkyl halides is 3. The number of nitrogens with one attached hydrogen (secondary N) is 1. The van der Waals surface area contributed by atoms with E-state index < -0.39 is 35.7 Å². The van der Waals surface area contributed by atoms with E-state index in [4.69, 9.17) is 5.73 Å². The highest BCUT2D eigenvalue weighted by Crippen LogP contribution is 2.31. The highest BCUT2D eigenvalue weighted by molar-refractivity contribution is 6.03. The Morgan fingerprint density at radius 2 is 1.41 bits per heavy atom. The van der Waals surface area contributed by atoms with E-state index in [0.29, 0.717) is 0 Å². The number of fused-ring (bicyclic) bond motifs is 2. The number of amides is 2. The first-order valence-electron chi connectivity index (χ1n) is 10.5. The third-order valence-electron chi connectivity index (χ3n) is 5.75. The van der Waals surface area contributed by atoms with Crippen molar-refractivity contribution in [3.05, 3.63) is 95.6 Å². The number of carbonyl (C=O) groups is 2. The summed E-state index contributed by atoms with van der Waals surface area (Å²) in [4.78, 5) is 24.9. The second-order valence-corrected chi connectivity index (χ2v) is 7.99. The number of rotatable bonds is 6. The Labute approximate surface area is 193 Å². The molecule has 4 aromatic rings. The number of carbonyl (C=O) groups excluding carboxylic acids is 2. The Balaban J connectivity index is 1.62. The van der Waals surface area contributed by atoms with Crippen LogP contribution in [0.1, 0.15) is 22.8 Å². The Kier molecular flexibility index (Phi) is 6.26. The molecule has 0 fully saturated rings. The molecule has 0 heterocycles. The van der Waals surface area contributed by atoms with E-state index in [1.165, 1.54) is 0 Å². The third-order valence-corrected chi connectivity index (χ3v) is 5.75. The number of primary amides is 1. The predicted octanol–water partition coefficient (Wildman–Crippen LogP) is 4.26. The first-order valence-corrected chi connectivity index (χ1v) is 10.5. The first-order chi connectivity index (χ1) is 16.1. The molecule has 0 aromatic heterocycles. The smallest absolute Gasteiger partial charge is 0.378 e. The molecule has 0 bridgehead atoms. The molecule has 34 heavy (non-hydrogen) atoms. The highest BCUT2D eigenvalue weighted by atomic mass is 19.4. The lowest BCUT2D eigenvalue weighted by atomic mass is 9.92. The van der Waals surface area contributed by atoms with Crippen molar-refractivity contribution in [3.63, 3.8) is 0 Å². The zero-order valence-corrected chi connectivity index (χ0v) is 17.8. The van der Waals surface area contributed by atoms with E-state index in [0.717, 1.165) is 51.4 Å². The maximum absolute atomic E-state index is 12.8. The minimum absolute atomic E-state index is 0.0377. The number of aliphatic hydroxyl groups excluding tert-OH is 1. The van der Waals surface area contributed by atoms with Gasteiger partial charge in [0, 0.05) is 6.42 Å². The number of hydrogen-bond donors (Lipinski definition) is 3. The minimum atomic E-state index is -4.54. The summed E-state index contributed by atoms with van der Waals surface area (Å²) in [5.41, 5.74) is 5.44. The Hall–Kier alpha value is -3.91. The van der Waals surface area contributed by atoms with E-state index in [1.807, 2.05) is 54.6 Å². The molecule has 0 radical (unpaired) electrons. The fraction of sp³-hybridized carbons (Fsp3) is 0.154. The Bertz CT molecular complexity index is 1310. The van der Waals surface area contributed by atoms with Crippen LogP contribution in [-0.2, 0) is 22.2 Å². The molecule has 0 aliphatic carbocycles. The highest BCUT2D eigenvalue weighted by Gasteiger charge is 2.31. The molecule has 2 amide bonds. The van der Waals surface area contributed by atoms with Gasteiger partial charge >= 0.3 is 6.18 Å². The van der Waals surface area contributed by atoms with Crippen LogP contribution in [0, 0.1) is 0 Å². The molecular weight excluding hydrogens is 445 g/mol. The van der Waals surface area contributed by atoms with Gasteiger partial charge in [-0.2, -0.15) is 13.2 Å². The molecular formula is C26H21F3N2O3. The summed E-state index contributed by atoms with van der Waals surface area (Å²) in [7, 11) is 0. The van der Waals surface area contributed by atoms with Crippen molar-refractivity contribution >= 4 is 33.4 Å². The number of hydrogen-bond acceptors (Lipinski definition) is 3. The second kappa shape index (κ2) is 9.15. The molecule has 2 atom stereocenters. The van der Waals surface area contributed by atoms with Gasteiger partial charge in [0.05, 0.1) is 5.56 Å². The summed E-state index contributed by atoms with van der Waals surface area (Å²) >= 11 is 0. The third kappa shape index (κ3) is 4.72. The van der Waals surface area contributed by atoms with Gasteiger partial charge in [-0.05, 0) is 50.9 Å². The molecule has 5 nitrogen and oxygen atoms in total. The van der Waals surface area contributed by atoms with Crippen LogP contribution in [0.2, 0.25) is 0 Å². The minimum Gasteiger partial charge on any atom is -0.378 e. The van der Waals surface area contributed by atoms with Crippen molar-refractivity contribution in [2.45, 2.75) is 24.7 Å². The van der Waals surface area contributed by atoms with Gasteiger partial charge in [0.25, 0.3) is 5.91 Å². The van der Waals surface area contributed by atoms with Gasteiger partial charge in [0.2, 0.25) is 5.91 Å². The van der Waals surface area contributed by atoms with Crippen LogP contribution >= 0.6 is 0 Å². The summed E-state index contributed by atoms with van der Waals surface area (Å²) in [5, 5.41) is 16.5. The molecule has 0 aliphatic heterocycles. The largest absolute Gasteiger partial charge is 0.416 e. The number of halogens is 3. The molecule has 4 aromatic carbocycles. The maximum Gasteiger partial charge on any atom is 0.416 e. The zero-order chi connectivity index (χ0) is 24.5.